The predicted molar refractivity (Wildman–Crippen MR) is 59.0 cm³/mol. The number of nitrogens with one attached hydrogen (secondary N) is 2. The molecule has 2 N–H and O–H groups in total. The van der Waals surface area contributed by atoms with E-state index in [2.05, 4.69) is 14.7 Å². The third-order valence-corrected chi connectivity index (χ3v) is 3.43. The summed E-state index contributed by atoms with van der Waals surface area (Å²) in [6.45, 7) is 0. The molecule has 0 bridgehead atoms. The van der Waals surface area contributed by atoms with Crippen LogP contribution < -0.4 is 4.72 Å². The number of non-ortho nitro benzene ring substituents is 1. The van der Waals surface area contributed by atoms with Crippen molar-refractivity contribution < 1.29 is 13.3 Å². The maximum atomic E-state index is 11.5. The SMILES string of the molecule is CNS(=O)(=O)c1nc2c([N+](=O)[O-])cccc2[nH]1. The number of imidazole rings is 1. The lowest BCUT2D eigenvalue weighted by molar-refractivity contribution is -0.383. The number of sulfonamides is 1. The Balaban J connectivity index is 2.75. The van der Waals surface area contributed by atoms with Gasteiger partial charge in [0.2, 0.25) is 5.16 Å². The number of para-hydroxylation sites is 1. The number of aromatic nitrogens is 2. The fourth-order valence-corrected chi connectivity index (χ4v) is 2.01. The summed E-state index contributed by atoms with van der Waals surface area (Å²) in [7, 11) is -2.51. The number of nitro benzene ring substituents is 1. The molecular formula is C8H8N4O4S. The highest BCUT2D eigenvalue weighted by Gasteiger charge is 2.21. The molecule has 0 unspecified atom stereocenters. The first-order chi connectivity index (χ1) is 7.95. The van der Waals surface area contributed by atoms with E-state index >= 15 is 0 Å². The largest absolute Gasteiger partial charge is 0.327 e. The van der Waals surface area contributed by atoms with Gasteiger partial charge in [-0.25, -0.2) is 18.1 Å². The Kier molecular flexibility index (Phi) is 2.56. The van der Waals surface area contributed by atoms with Crippen molar-refractivity contribution >= 4 is 26.7 Å². The number of H-pyrrole nitrogens is 1. The van der Waals surface area contributed by atoms with Gasteiger partial charge in [-0.05, 0) is 13.1 Å². The van der Waals surface area contributed by atoms with Crippen molar-refractivity contribution in [3.63, 3.8) is 0 Å². The zero-order valence-electron chi connectivity index (χ0n) is 8.67. The van der Waals surface area contributed by atoms with Gasteiger partial charge in [0.1, 0.15) is 0 Å². The average molecular weight is 256 g/mol. The van der Waals surface area contributed by atoms with Crippen molar-refractivity contribution in [1.29, 1.82) is 0 Å². The van der Waals surface area contributed by atoms with Gasteiger partial charge in [-0.1, -0.05) is 6.07 Å². The first-order valence-corrected chi connectivity index (χ1v) is 6.00. The molecule has 1 heterocycles. The minimum atomic E-state index is -3.74. The van der Waals surface area contributed by atoms with E-state index in [1.54, 1.807) is 0 Å². The van der Waals surface area contributed by atoms with E-state index in [1.807, 2.05) is 0 Å². The molecule has 0 saturated carbocycles. The van der Waals surface area contributed by atoms with Crippen LogP contribution in [0.1, 0.15) is 0 Å². The topological polar surface area (TPSA) is 118 Å². The molecule has 17 heavy (non-hydrogen) atoms. The highest BCUT2D eigenvalue weighted by molar-refractivity contribution is 7.89. The number of benzene rings is 1. The summed E-state index contributed by atoms with van der Waals surface area (Å²) in [4.78, 5) is 16.4. The lowest BCUT2D eigenvalue weighted by atomic mass is 10.3. The van der Waals surface area contributed by atoms with Crippen LogP contribution in [0.15, 0.2) is 23.4 Å². The van der Waals surface area contributed by atoms with Crippen LogP contribution >= 0.6 is 0 Å². The standard InChI is InChI=1S/C8H8N4O4S/c1-9-17(15,16)8-10-5-3-2-4-6(12(13)14)7(5)11-8/h2-4,9H,1H3,(H,10,11). The number of hydrogen-bond donors (Lipinski definition) is 2. The highest BCUT2D eigenvalue weighted by Crippen LogP contribution is 2.24. The van der Waals surface area contributed by atoms with Gasteiger partial charge >= 0.3 is 0 Å². The molecule has 2 rings (SSSR count). The van der Waals surface area contributed by atoms with Crippen LogP contribution in [-0.2, 0) is 10.0 Å². The first-order valence-electron chi connectivity index (χ1n) is 4.52. The van der Waals surface area contributed by atoms with Gasteiger partial charge in [-0.3, -0.25) is 10.1 Å². The van der Waals surface area contributed by atoms with Gasteiger partial charge in [-0.2, -0.15) is 0 Å². The maximum absolute atomic E-state index is 11.5. The Morgan fingerprint density at radius 2 is 2.18 bits per heavy atom. The van der Waals surface area contributed by atoms with Gasteiger partial charge in [-0.15, -0.1) is 0 Å². The van der Waals surface area contributed by atoms with Crippen molar-refractivity contribution in [3.8, 4) is 0 Å². The quantitative estimate of drug-likeness (QED) is 0.608. The summed E-state index contributed by atoms with van der Waals surface area (Å²) in [6, 6.07) is 4.23. The average Bonchev–Trinajstić information content (AvgIpc) is 2.72. The molecule has 0 amide bonds. The molecule has 9 heteroatoms. The van der Waals surface area contributed by atoms with Crippen molar-refractivity contribution in [2.75, 3.05) is 7.05 Å². The second-order valence-corrected chi connectivity index (χ2v) is 4.98. The Bertz CT molecular complexity index is 691. The molecule has 0 radical (unpaired) electrons. The van der Waals surface area contributed by atoms with E-state index in [0.717, 1.165) is 0 Å². The first kappa shape index (κ1) is 11.5. The number of nitrogens with zero attached hydrogens (tertiary/aromatic N) is 2. The summed E-state index contributed by atoms with van der Waals surface area (Å²) < 4.78 is 25.0. The van der Waals surface area contributed by atoms with Crippen LogP contribution in [0, 0.1) is 10.1 Å². The maximum Gasteiger partial charge on any atom is 0.297 e. The molecule has 0 saturated heterocycles. The lowest BCUT2D eigenvalue weighted by Crippen LogP contribution is -2.19. The second kappa shape index (κ2) is 3.79. The highest BCUT2D eigenvalue weighted by atomic mass is 32.2. The van der Waals surface area contributed by atoms with Crippen LogP contribution in [0.5, 0.6) is 0 Å². The number of fused-ring (bicyclic) bond motifs is 1. The monoisotopic (exact) mass is 256 g/mol. The van der Waals surface area contributed by atoms with E-state index < -0.39 is 14.9 Å². The summed E-state index contributed by atoms with van der Waals surface area (Å²) >= 11 is 0. The number of aromatic amines is 1. The Labute approximate surface area is 95.9 Å². The molecule has 0 aliphatic rings. The van der Waals surface area contributed by atoms with E-state index in [0.29, 0.717) is 5.52 Å². The molecule has 1 aromatic carbocycles. The fraction of sp³-hybridized carbons (Fsp3) is 0.125. The minimum absolute atomic E-state index is 0.0197. The second-order valence-electron chi connectivity index (χ2n) is 3.18. The molecule has 0 aliphatic heterocycles. The van der Waals surface area contributed by atoms with Gasteiger partial charge in [0.05, 0.1) is 10.4 Å². The number of hydrogen-bond acceptors (Lipinski definition) is 5. The van der Waals surface area contributed by atoms with Crippen molar-refractivity contribution in [2.24, 2.45) is 0 Å². The van der Waals surface area contributed by atoms with Crippen LogP contribution in [0.2, 0.25) is 0 Å². The van der Waals surface area contributed by atoms with Crippen LogP contribution in [0.25, 0.3) is 11.0 Å². The van der Waals surface area contributed by atoms with Gasteiger partial charge in [0, 0.05) is 6.07 Å². The van der Waals surface area contributed by atoms with Gasteiger partial charge in [0.25, 0.3) is 15.7 Å². The zero-order chi connectivity index (χ0) is 12.6. The summed E-state index contributed by atoms with van der Waals surface area (Å²) in [5, 5.41) is 10.4. The molecule has 90 valence electrons. The summed E-state index contributed by atoms with van der Waals surface area (Å²) in [6.07, 6.45) is 0. The molecule has 8 nitrogen and oxygen atoms in total. The molecule has 0 spiro atoms. The van der Waals surface area contributed by atoms with Gasteiger partial charge in [0.15, 0.2) is 5.52 Å². The van der Waals surface area contributed by atoms with Crippen molar-refractivity contribution in [2.45, 2.75) is 5.16 Å². The van der Waals surface area contributed by atoms with Gasteiger partial charge < -0.3 is 4.98 Å². The van der Waals surface area contributed by atoms with E-state index in [1.165, 1.54) is 25.2 Å². The summed E-state index contributed by atoms with van der Waals surface area (Å²) in [5.41, 5.74) is 0.0793. The zero-order valence-corrected chi connectivity index (χ0v) is 9.48. The van der Waals surface area contributed by atoms with Crippen LogP contribution in [0.3, 0.4) is 0 Å². The molecule has 1 aromatic heterocycles. The minimum Gasteiger partial charge on any atom is -0.327 e. The predicted octanol–water partition coefficient (Wildman–Crippen LogP) is 0.379. The summed E-state index contributed by atoms with van der Waals surface area (Å²) in [5.74, 6) is 0. The fourth-order valence-electron chi connectivity index (χ4n) is 1.37. The molecular weight excluding hydrogens is 248 g/mol. The van der Waals surface area contributed by atoms with Crippen molar-refractivity contribution in [1.82, 2.24) is 14.7 Å². The Morgan fingerprint density at radius 1 is 1.47 bits per heavy atom. The molecule has 0 aliphatic carbocycles. The number of nitro groups is 1. The third-order valence-electron chi connectivity index (χ3n) is 2.19. The lowest BCUT2D eigenvalue weighted by Gasteiger charge is -1.94. The van der Waals surface area contributed by atoms with Crippen molar-refractivity contribution in [3.05, 3.63) is 28.3 Å². The van der Waals surface area contributed by atoms with E-state index in [4.69, 9.17) is 0 Å². The Morgan fingerprint density at radius 3 is 2.76 bits per heavy atom. The smallest absolute Gasteiger partial charge is 0.297 e. The van der Waals surface area contributed by atoms with E-state index in [9.17, 15) is 18.5 Å². The van der Waals surface area contributed by atoms with Crippen LogP contribution in [-0.4, -0.2) is 30.4 Å². The van der Waals surface area contributed by atoms with Crippen LogP contribution in [0.4, 0.5) is 5.69 Å². The third kappa shape index (κ3) is 1.85. The Hall–Kier alpha value is -2.00. The molecule has 2 aromatic rings. The molecule has 0 fully saturated rings. The normalized spacial score (nSPS) is 11.8. The number of rotatable bonds is 3. The van der Waals surface area contributed by atoms with E-state index in [-0.39, 0.29) is 16.4 Å². The molecule has 0 atom stereocenters.